The van der Waals surface area contributed by atoms with Crippen LogP contribution in [0.2, 0.25) is 0 Å². The van der Waals surface area contributed by atoms with Gasteiger partial charge in [0.25, 0.3) is 5.91 Å². The highest BCUT2D eigenvalue weighted by molar-refractivity contribution is 6.02. The van der Waals surface area contributed by atoms with Crippen LogP contribution in [-0.2, 0) is 0 Å². The summed E-state index contributed by atoms with van der Waals surface area (Å²) in [6, 6.07) is 9.04. The number of amides is 1. The molecule has 0 spiro atoms. The molecule has 0 aliphatic carbocycles. The minimum Gasteiger partial charge on any atom is -0.493 e. The average Bonchev–Trinajstić information content (AvgIpc) is 2.66. The van der Waals surface area contributed by atoms with Crippen molar-refractivity contribution in [3.63, 3.8) is 0 Å². The summed E-state index contributed by atoms with van der Waals surface area (Å²) in [5.41, 5.74) is 1.97. The maximum atomic E-state index is 12.6. The van der Waals surface area contributed by atoms with Crippen LogP contribution >= 0.6 is 0 Å². The molecule has 0 aromatic heterocycles. The summed E-state index contributed by atoms with van der Waals surface area (Å²) in [4.78, 5) is 12.6. The van der Waals surface area contributed by atoms with Crippen molar-refractivity contribution >= 4 is 11.6 Å². The number of anilines is 1. The van der Waals surface area contributed by atoms with Crippen LogP contribution in [-0.4, -0.2) is 33.3 Å². The predicted octanol–water partition coefficient (Wildman–Crippen LogP) is 2.33. The Morgan fingerprint density at radius 3 is 2.60 bits per heavy atom. The van der Waals surface area contributed by atoms with Gasteiger partial charge in [-0.2, -0.15) is 0 Å². The van der Waals surface area contributed by atoms with E-state index in [0.717, 1.165) is 5.56 Å². The van der Waals surface area contributed by atoms with Crippen molar-refractivity contribution in [1.29, 1.82) is 0 Å². The second-order valence-corrected chi connectivity index (χ2v) is 5.68. The van der Waals surface area contributed by atoms with E-state index in [4.69, 9.17) is 18.9 Å². The van der Waals surface area contributed by atoms with Crippen LogP contribution < -0.4 is 29.6 Å². The van der Waals surface area contributed by atoms with Gasteiger partial charge in [0.2, 0.25) is 0 Å². The van der Waals surface area contributed by atoms with Crippen LogP contribution in [0.15, 0.2) is 30.3 Å². The molecule has 0 radical (unpaired) electrons. The normalized spacial score (nSPS) is 17.8. The Hall–Kier alpha value is -3.09. The fraction of sp³-hybridized carbons (Fsp3) is 0.278. The minimum absolute atomic E-state index is 0.200. The maximum absolute atomic E-state index is 12.6. The molecule has 7 heteroatoms. The van der Waals surface area contributed by atoms with Crippen molar-refractivity contribution in [2.75, 3.05) is 32.8 Å². The van der Waals surface area contributed by atoms with Crippen molar-refractivity contribution < 1.29 is 23.7 Å². The summed E-state index contributed by atoms with van der Waals surface area (Å²) in [7, 11) is 3.10. The maximum Gasteiger partial charge on any atom is 0.255 e. The van der Waals surface area contributed by atoms with E-state index < -0.39 is 6.17 Å². The third kappa shape index (κ3) is 2.57. The first-order chi connectivity index (χ1) is 12.2. The predicted molar refractivity (Wildman–Crippen MR) is 90.8 cm³/mol. The fourth-order valence-electron chi connectivity index (χ4n) is 3.07. The topological polar surface area (TPSA) is 78.1 Å². The third-order valence-electron chi connectivity index (χ3n) is 4.25. The van der Waals surface area contributed by atoms with E-state index in [-0.39, 0.29) is 5.91 Å². The SMILES string of the molecule is COc1cc2c(cc1OC)C(=O)N[C@H](c1cccc3c1OCCO3)N2. The number of fused-ring (bicyclic) bond motifs is 2. The van der Waals surface area contributed by atoms with Gasteiger partial charge in [0.1, 0.15) is 19.4 Å². The van der Waals surface area contributed by atoms with Crippen molar-refractivity contribution in [3.8, 4) is 23.0 Å². The van der Waals surface area contributed by atoms with Crippen molar-refractivity contribution in [2.45, 2.75) is 6.17 Å². The van der Waals surface area contributed by atoms with Crippen molar-refractivity contribution in [1.82, 2.24) is 5.32 Å². The number of carbonyl (C=O) groups is 1. The fourth-order valence-corrected chi connectivity index (χ4v) is 3.07. The molecular weight excluding hydrogens is 324 g/mol. The van der Waals surface area contributed by atoms with Gasteiger partial charge in [-0.15, -0.1) is 0 Å². The quantitative estimate of drug-likeness (QED) is 0.891. The molecule has 0 unspecified atom stereocenters. The molecule has 25 heavy (non-hydrogen) atoms. The van der Waals surface area contributed by atoms with Gasteiger partial charge in [0, 0.05) is 11.6 Å². The highest BCUT2D eigenvalue weighted by atomic mass is 16.6. The zero-order chi connectivity index (χ0) is 17.4. The minimum atomic E-state index is -0.435. The molecule has 7 nitrogen and oxygen atoms in total. The molecule has 4 rings (SSSR count). The number of para-hydroxylation sites is 1. The van der Waals surface area contributed by atoms with Gasteiger partial charge >= 0.3 is 0 Å². The van der Waals surface area contributed by atoms with Crippen LogP contribution in [0.4, 0.5) is 5.69 Å². The Bertz CT molecular complexity index is 836. The summed E-state index contributed by atoms with van der Waals surface area (Å²) in [6.07, 6.45) is -0.435. The van der Waals surface area contributed by atoms with E-state index >= 15 is 0 Å². The summed E-state index contributed by atoms with van der Waals surface area (Å²) in [5.74, 6) is 2.18. The lowest BCUT2D eigenvalue weighted by Crippen LogP contribution is -2.39. The van der Waals surface area contributed by atoms with Crippen LogP contribution in [0, 0.1) is 0 Å². The summed E-state index contributed by atoms with van der Waals surface area (Å²) < 4.78 is 22.0. The first-order valence-corrected chi connectivity index (χ1v) is 7.93. The molecule has 2 aliphatic heterocycles. The van der Waals surface area contributed by atoms with E-state index in [1.165, 1.54) is 7.11 Å². The molecule has 0 saturated heterocycles. The van der Waals surface area contributed by atoms with Gasteiger partial charge in [0.05, 0.1) is 25.5 Å². The van der Waals surface area contributed by atoms with E-state index in [1.807, 2.05) is 18.2 Å². The van der Waals surface area contributed by atoms with Crippen LogP contribution in [0.5, 0.6) is 23.0 Å². The molecule has 2 aliphatic rings. The first kappa shape index (κ1) is 15.4. The number of hydrogen-bond donors (Lipinski definition) is 2. The lowest BCUT2D eigenvalue weighted by molar-refractivity contribution is 0.0933. The molecule has 0 fully saturated rings. The number of carbonyl (C=O) groups excluding carboxylic acids is 1. The zero-order valence-corrected chi connectivity index (χ0v) is 13.9. The van der Waals surface area contributed by atoms with Gasteiger partial charge in [-0.1, -0.05) is 12.1 Å². The molecule has 0 bridgehead atoms. The molecule has 2 N–H and O–H groups in total. The van der Waals surface area contributed by atoms with Gasteiger partial charge in [-0.25, -0.2) is 0 Å². The first-order valence-electron chi connectivity index (χ1n) is 7.93. The lowest BCUT2D eigenvalue weighted by atomic mass is 10.0. The van der Waals surface area contributed by atoms with E-state index in [2.05, 4.69) is 10.6 Å². The van der Waals surface area contributed by atoms with Crippen LogP contribution in [0.3, 0.4) is 0 Å². The number of rotatable bonds is 3. The smallest absolute Gasteiger partial charge is 0.255 e. The number of methoxy groups -OCH3 is 2. The molecule has 2 aromatic rings. The molecule has 1 amide bonds. The monoisotopic (exact) mass is 342 g/mol. The second kappa shape index (κ2) is 6.08. The molecule has 2 heterocycles. The Kier molecular flexibility index (Phi) is 3.76. The van der Waals surface area contributed by atoms with Gasteiger partial charge in [-0.3, -0.25) is 4.79 Å². The van der Waals surface area contributed by atoms with Crippen molar-refractivity contribution in [3.05, 3.63) is 41.5 Å². The summed E-state index contributed by atoms with van der Waals surface area (Å²) >= 11 is 0. The zero-order valence-electron chi connectivity index (χ0n) is 13.9. The summed E-state index contributed by atoms with van der Waals surface area (Å²) in [5, 5.41) is 6.26. The van der Waals surface area contributed by atoms with Crippen LogP contribution in [0.25, 0.3) is 0 Å². The number of benzene rings is 2. The van der Waals surface area contributed by atoms with E-state index in [9.17, 15) is 4.79 Å². The molecule has 2 aromatic carbocycles. The Labute approximate surface area is 144 Å². The standard InChI is InChI=1S/C18H18N2O5/c1-22-14-8-11-12(9-15(14)23-2)19-17(20-18(11)21)10-4-3-5-13-16(10)25-7-6-24-13/h3-5,8-9,17,19H,6-7H2,1-2H3,(H,20,21)/t17-/m1/s1. The number of hydrogen-bond acceptors (Lipinski definition) is 6. The number of nitrogens with one attached hydrogen (secondary N) is 2. The lowest BCUT2D eigenvalue weighted by Gasteiger charge is -2.31. The molecular formula is C18H18N2O5. The van der Waals surface area contributed by atoms with Crippen molar-refractivity contribution in [2.24, 2.45) is 0 Å². The second-order valence-electron chi connectivity index (χ2n) is 5.68. The largest absolute Gasteiger partial charge is 0.493 e. The highest BCUT2D eigenvalue weighted by Gasteiger charge is 2.30. The average molecular weight is 342 g/mol. The van der Waals surface area contributed by atoms with E-state index in [0.29, 0.717) is 47.5 Å². The van der Waals surface area contributed by atoms with Gasteiger partial charge in [-0.05, 0) is 12.1 Å². The highest BCUT2D eigenvalue weighted by Crippen LogP contribution is 2.41. The molecule has 0 saturated carbocycles. The van der Waals surface area contributed by atoms with Gasteiger partial charge < -0.3 is 29.6 Å². The Morgan fingerprint density at radius 2 is 1.80 bits per heavy atom. The summed E-state index contributed by atoms with van der Waals surface area (Å²) in [6.45, 7) is 0.993. The van der Waals surface area contributed by atoms with E-state index in [1.54, 1.807) is 19.2 Å². The molecule has 1 atom stereocenters. The number of ether oxygens (including phenoxy) is 4. The third-order valence-corrected chi connectivity index (χ3v) is 4.25. The Morgan fingerprint density at radius 1 is 1.04 bits per heavy atom. The van der Waals surface area contributed by atoms with Gasteiger partial charge in [0.15, 0.2) is 23.0 Å². The Balaban J connectivity index is 1.74. The molecule has 130 valence electrons. The van der Waals surface area contributed by atoms with Crippen LogP contribution in [0.1, 0.15) is 22.1 Å².